The minimum Gasteiger partial charge on any atom is -0.316 e. The molecule has 1 N–H and O–H groups in total. The second kappa shape index (κ2) is 9.90. The van der Waals surface area contributed by atoms with Crippen LogP contribution in [0.4, 0.5) is 0 Å². The summed E-state index contributed by atoms with van der Waals surface area (Å²) >= 11 is 0. The third kappa shape index (κ3) is 8.62. The van der Waals surface area contributed by atoms with Gasteiger partial charge in [0.15, 0.2) is 0 Å². The molecule has 104 valence electrons. The van der Waals surface area contributed by atoms with Gasteiger partial charge in [-0.2, -0.15) is 0 Å². The Morgan fingerprint density at radius 3 is 2.18 bits per heavy atom. The zero-order valence-electron chi connectivity index (χ0n) is 12.9. The van der Waals surface area contributed by atoms with Crippen LogP contribution in [0.3, 0.4) is 0 Å². The minimum atomic E-state index is 0.675. The van der Waals surface area contributed by atoms with Crippen molar-refractivity contribution in [2.45, 2.75) is 72.9 Å². The Morgan fingerprint density at radius 2 is 1.71 bits per heavy atom. The molecule has 0 aromatic rings. The van der Waals surface area contributed by atoms with Crippen LogP contribution in [0.1, 0.15) is 60.8 Å². The van der Waals surface area contributed by atoms with Crippen molar-refractivity contribution in [3.05, 3.63) is 0 Å². The van der Waals surface area contributed by atoms with E-state index in [1.807, 2.05) is 0 Å². The second-order valence-electron chi connectivity index (χ2n) is 5.92. The molecule has 0 spiro atoms. The van der Waals surface area contributed by atoms with Gasteiger partial charge in [0.25, 0.3) is 0 Å². The van der Waals surface area contributed by atoms with Gasteiger partial charge in [-0.05, 0) is 65.6 Å². The zero-order valence-corrected chi connectivity index (χ0v) is 12.9. The summed E-state index contributed by atoms with van der Waals surface area (Å²) in [5.74, 6) is 0.764. The monoisotopic (exact) mass is 242 g/mol. The SMILES string of the molecule is CCCN(C(C)C)C(C)CCCNCC(C)C. The molecular weight excluding hydrogens is 208 g/mol. The van der Waals surface area contributed by atoms with Crippen LogP contribution in [0.2, 0.25) is 0 Å². The molecule has 0 aliphatic rings. The Morgan fingerprint density at radius 1 is 1.06 bits per heavy atom. The highest BCUT2D eigenvalue weighted by Crippen LogP contribution is 2.11. The molecule has 0 aromatic heterocycles. The van der Waals surface area contributed by atoms with Crippen molar-refractivity contribution in [1.29, 1.82) is 0 Å². The first kappa shape index (κ1) is 16.9. The normalized spacial score (nSPS) is 13.9. The van der Waals surface area contributed by atoms with E-state index in [1.54, 1.807) is 0 Å². The van der Waals surface area contributed by atoms with E-state index in [-0.39, 0.29) is 0 Å². The summed E-state index contributed by atoms with van der Waals surface area (Å²) < 4.78 is 0. The van der Waals surface area contributed by atoms with Gasteiger partial charge in [0.05, 0.1) is 0 Å². The van der Waals surface area contributed by atoms with E-state index in [1.165, 1.54) is 32.4 Å². The molecule has 0 amide bonds. The van der Waals surface area contributed by atoms with Gasteiger partial charge in [-0.25, -0.2) is 0 Å². The van der Waals surface area contributed by atoms with Crippen molar-refractivity contribution in [2.75, 3.05) is 19.6 Å². The molecule has 0 radical (unpaired) electrons. The summed E-state index contributed by atoms with van der Waals surface area (Å²) in [4.78, 5) is 2.63. The van der Waals surface area contributed by atoms with Crippen LogP contribution in [0.25, 0.3) is 0 Å². The zero-order chi connectivity index (χ0) is 13.3. The predicted octanol–water partition coefficient (Wildman–Crippen LogP) is 3.52. The lowest BCUT2D eigenvalue weighted by Crippen LogP contribution is -2.39. The maximum atomic E-state index is 3.52. The van der Waals surface area contributed by atoms with E-state index in [0.29, 0.717) is 6.04 Å². The number of hydrogen-bond donors (Lipinski definition) is 1. The molecular formula is C15H34N2. The third-order valence-corrected chi connectivity index (χ3v) is 3.24. The van der Waals surface area contributed by atoms with E-state index in [4.69, 9.17) is 0 Å². The Labute approximate surface area is 109 Å². The smallest absolute Gasteiger partial charge is 0.00701 e. The Bertz CT molecular complexity index is 166. The molecule has 2 nitrogen and oxygen atoms in total. The van der Waals surface area contributed by atoms with Gasteiger partial charge in [0.2, 0.25) is 0 Å². The van der Waals surface area contributed by atoms with Crippen molar-refractivity contribution >= 4 is 0 Å². The van der Waals surface area contributed by atoms with Crippen LogP contribution < -0.4 is 5.32 Å². The van der Waals surface area contributed by atoms with Gasteiger partial charge in [-0.1, -0.05) is 20.8 Å². The van der Waals surface area contributed by atoms with Crippen LogP contribution in [-0.2, 0) is 0 Å². The lowest BCUT2D eigenvalue weighted by molar-refractivity contribution is 0.154. The second-order valence-corrected chi connectivity index (χ2v) is 5.92. The first-order chi connectivity index (χ1) is 7.99. The standard InChI is InChI=1S/C15H34N2/c1-7-11-17(14(4)5)15(6)9-8-10-16-12-13(2)3/h13-16H,7-12H2,1-6H3. The van der Waals surface area contributed by atoms with Crippen LogP contribution in [0.15, 0.2) is 0 Å². The van der Waals surface area contributed by atoms with Crippen molar-refractivity contribution < 1.29 is 0 Å². The summed E-state index contributed by atoms with van der Waals surface area (Å²) in [6, 6.07) is 1.39. The van der Waals surface area contributed by atoms with E-state index in [2.05, 4.69) is 51.8 Å². The topological polar surface area (TPSA) is 15.3 Å². The fourth-order valence-electron chi connectivity index (χ4n) is 2.32. The molecule has 1 atom stereocenters. The maximum absolute atomic E-state index is 3.52. The number of nitrogens with zero attached hydrogens (tertiary/aromatic N) is 1. The van der Waals surface area contributed by atoms with Crippen LogP contribution in [0, 0.1) is 5.92 Å². The Hall–Kier alpha value is -0.0800. The molecule has 0 aliphatic heterocycles. The largest absolute Gasteiger partial charge is 0.316 e. The highest BCUT2D eigenvalue weighted by atomic mass is 15.2. The molecule has 0 aromatic carbocycles. The average molecular weight is 242 g/mol. The highest BCUT2D eigenvalue weighted by molar-refractivity contribution is 4.71. The molecule has 0 rings (SSSR count). The molecule has 0 bridgehead atoms. The van der Waals surface area contributed by atoms with Crippen molar-refractivity contribution in [1.82, 2.24) is 10.2 Å². The van der Waals surface area contributed by atoms with E-state index >= 15 is 0 Å². The molecule has 0 aliphatic carbocycles. The Balaban J connectivity index is 3.70. The van der Waals surface area contributed by atoms with Crippen molar-refractivity contribution in [3.63, 3.8) is 0 Å². The van der Waals surface area contributed by atoms with Gasteiger partial charge in [0.1, 0.15) is 0 Å². The summed E-state index contributed by atoms with van der Waals surface area (Å²) in [5, 5.41) is 3.52. The molecule has 2 heteroatoms. The molecule has 17 heavy (non-hydrogen) atoms. The summed E-state index contributed by atoms with van der Waals surface area (Å²) in [6.07, 6.45) is 3.86. The van der Waals surface area contributed by atoms with Crippen molar-refractivity contribution in [2.24, 2.45) is 5.92 Å². The Kier molecular flexibility index (Phi) is 9.85. The average Bonchev–Trinajstić information content (AvgIpc) is 2.24. The predicted molar refractivity (Wildman–Crippen MR) is 78.5 cm³/mol. The van der Waals surface area contributed by atoms with Gasteiger partial charge >= 0.3 is 0 Å². The van der Waals surface area contributed by atoms with Gasteiger partial charge in [0, 0.05) is 12.1 Å². The van der Waals surface area contributed by atoms with Crippen LogP contribution in [-0.4, -0.2) is 36.6 Å². The van der Waals surface area contributed by atoms with Crippen molar-refractivity contribution in [3.8, 4) is 0 Å². The molecule has 0 saturated carbocycles. The molecule has 1 unspecified atom stereocenters. The van der Waals surface area contributed by atoms with E-state index in [0.717, 1.165) is 18.5 Å². The lowest BCUT2D eigenvalue weighted by atomic mass is 10.1. The molecule has 0 saturated heterocycles. The first-order valence-electron chi connectivity index (χ1n) is 7.45. The van der Waals surface area contributed by atoms with Gasteiger partial charge in [-0.15, -0.1) is 0 Å². The number of rotatable bonds is 10. The van der Waals surface area contributed by atoms with Crippen LogP contribution >= 0.6 is 0 Å². The van der Waals surface area contributed by atoms with Gasteiger partial charge in [-0.3, -0.25) is 4.90 Å². The third-order valence-electron chi connectivity index (χ3n) is 3.24. The molecule has 0 fully saturated rings. The van der Waals surface area contributed by atoms with E-state index in [9.17, 15) is 0 Å². The number of hydrogen-bond acceptors (Lipinski definition) is 2. The summed E-state index contributed by atoms with van der Waals surface area (Å²) in [6.45, 7) is 17.3. The lowest BCUT2D eigenvalue weighted by Gasteiger charge is -2.32. The highest BCUT2D eigenvalue weighted by Gasteiger charge is 2.15. The van der Waals surface area contributed by atoms with Crippen LogP contribution in [0.5, 0.6) is 0 Å². The van der Waals surface area contributed by atoms with E-state index < -0.39 is 0 Å². The first-order valence-corrected chi connectivity index (χ1v) is 7.45. The maximum Gasteiger partial charge on any atom is 0.00701 e. The summed E-state index contributed by atoms with van der Waals surface area (Å²) in [5.41, 5.74) is 0. The summed E-state index contributed by atoms with van der Waals surface area (Å²) in [7, 11) is 0. The number of nitrogens with one attached hydrogen (secondary N) is 1. The van der Waals surface area contributed by atoms with Gasteiger partial charge < -0.3 is 5.32 Å². The fourth-order valence-corrected chi connectivity index (χ4v) is 2.32. The quantitative estimate of drug-likeness (QED) is 0.590. The fraction of sp³-hybridized carbons (Fsp3) is 1.00. The molecule has 0 heterocycles. The minimum absolute atomic E-state index is 0.675.